The lowest BCUT2D eigenvalue weighted by Gasteiger charge is -2.46. The fourth-order valence-electron chi connectivity index (χ4n) is 2.74. The van der Waals surface area contributed by atoms with Crippen molar-refractivity contribution in [1.29, 1.82) is 0 Å². The summed E-state index contributed by atoms with van der Waals surface area (Å²) in [6.45, 7) is 12.0. The van der Waals surface area contributed by atoms with Crippen molar-refractivity contribution >= 4 is 0 Å². The molecule has 1 nitrogen and oxygen atoms in total. The molecule has 0 aliphatic carbocycles. The Kier molecular flexibility index (Phi) is 3.16. The number of piperidine rings is 1. The fourth-order valence-corrected chi connectivity index (χ4v) is 2.74. The van der Waals surface area contributed by atoms with Crippen LogP contribution in [0.4, 0.5) is 0 Å². The van der Waals surface area contributed by atoms with Gasteiger partial charge in [-0.2, -0.15) is 0 Å². The van der Waals surface area contributed by atoms with E-state index in [1.54, 1.807) is 0 Å². The summed E-state index contributed by atoms with van der Waals surface area (Å²) in [6, 6.07) is 0.816. The normalized spacial score (nSPS) is 30.5. The molecule has 0 amide bonds. The van der Waals surface area contributed by atoms with Gasteiger partial charge in [-0.05, 0) is 37.8 Å². The number of hydrogen-bond acceptors (Lipinski definition) is 1. The van der Waals surface area contributed by atoms with Crippen molar-refractivity contribution in [3.63, 3.8) is 0 Å². The first kappa shape index (κ1) is 10.0. The van der Waals surface area contributed by atoms with E-state index in [2.05, 4.69) is 32.6 Å². The molecular formula is C11H23N. The summed E-state index contributed by atoms with van der Waals surface area (Å²) in [4.78, 5) is 2.64. The summed E-state index contributed by atoms with van der Waals surface area (Å²) in [6.07, 6.45) is 4.10. The zero-order valence-electron chi connectivity index (χ0n) is 9.06. The largest absolute Gasteiger partial charge is 0.300 e. The van der Waals surface area contributed by atoms with E-state index < -0.39 is 0 Å². The quantitative estimate of drug-likeness (QED) is 0.614. The maximum absolute atomic E-state index is 2.64. The van der Waals surface area contributed by atoms with Crippen molar-refractivity contribution in [2.75, 3.05) is 13.1 Å². The summed E-state index contributed by atoms with van der Waals surface area (Å²) in [5.41, 5.74) is 0.545. The molecule has 0 aromatic rings. The average Bonchev–Trinajstić information content (AvgIpc) is 2.02. The lowest BCUT2D eigenvalue weighted by Crippen LogP contribution is -2.49. The molecule has 0 aromatic carbocycles. The Hall–Kier alpha value is -0.0400. The van der Waals surface area contributed by atoms with Crippen molar-refractivity contribution in [3.05, 3.63) is 0 Å². The van der Waals surface area contributed by atoms with Crippen LogP contribution in [0.2, 0.25) is 0 Å². The third-order valence-electron chi connectivity index (χ3n) is 3.40. The van der Waals surface area contributed by atoms with Gasteiger partial charge in [0, 0.05) is 6.04 Å². The Bertz CT molecular complexity index is 140. The SMILES string of the molecule is CCC1N(CC)CCCC1(C)C. The molecule has 1 rings (SSSR count). The molecule has 1 unspecified atom stereocenters. The van der Waals surface area contributed by atoms with Gasteiger partial charge < -0.3 is 4.90 Å². The summed E-state index contributed by atoms with van der Waals surface area (Å²) in [5, 5.41) is 0. The molecule has 12 heavy (non-hydrogen) atoms. The number of nitrogens with zero attached hydrogens (tertiary/aromatic N) is 1. The number of hydrogen-bond donors (Lipinski definition) is 0. The molecule has 1 saturated heterocycles. The molecule has 1 atom stereocenters. The van der Waals surface area contributed by atoms with Crippen LogP contribution in [0, 0.1) is 5.41 Å². The van der Waals surface area contributed by atoms with Crippen molar-refractivity contribution < 1.29 is 0 Å². The molecule has 0 N–H and O–H groups in total. The highest BCUT2D eigenvalue weighted by Crippen LogP contribution is 2.36. The first-order chi connectivity index (χ1) is 5.61. The lowest BCUT2D eigenvalue weighted by molar-refractivity contribution is 0.0392. The van der Waals surface area contributed by atoms with Crippen LogP contribution in [0.5, 0.6) is 0 Å². The molecule has 0 radical (unpaired) electrons. The van der Waals surface area contributed by atoms with E-state index in [1.165, 1.54) is 32.4 Å². The first-order valence-electron chi connectivity index (χ1n) is 5.36. The highest BCUT2D eigenvalue weighted by Gasteiger charge is 2.34. The van der Waals surface area contributed by atoms with Crippen molar-refractivity contribution in [3.8, 4) is 0 Å². The van der Waals surface area contributed by atoms with E-state index in [4.69, 9.17) is 0 Å². The highest BCUT2D eigenvalue weighted by molar-refractivity contribution is 4.89. The van der Waals surface area contributed by atoms with Crippen molar-refractivity contribution in [1.82, 2.24) is 4.90 Å². The van der Waals surface area contributed by atoms with E-state index >= 15 is 0 Å². The Morgan fingerprint density at radius 1 is 1.33 bits per heavy atom. The van der Waals surface area contributed by atoms with Crippen LogP contribution in [0.3, 0.4) is 0 Å². The highest BCUT2D eigenvalue weighted by atomic mass is 15.2. The van der Waals surface area contributed by atoms with Gasteiger partial charge in [0.2, 0.25) is 0 Å². The van der Waals surface area contributed by atoms with Gasteiger partial charge in [0.05, 0.1) is 0 Å². The molecule has 0 bridgehead atoms. The second-order valence-electron chi connectivity index (χ2n) is 4.64. The fraction of sp³-hybridized carbons (Fsp3) is 1.00. The third kappa shape index (κ3) is 1.82. The molecular weight excluding hydrogens is 146 g/mol. The number of likely N-dealkylation sites (tertiary alicyclic amines) is 1. The van der Waals surface area contributed by atoms with Gasteiger partial charge in [0.15, 0.2) is 0 Å². The minimum atomic E-state index is 0.545. The topological polar surface area (TPSA) is 3.24 Å². The molecule has 0 saturated carbocycles. The first-order valence-corrected chi connectivity index (χ1v) is 5.36. The Labute approximate surface area is 77.1 Å². The van der Waals surface area contributed by atoms with Crippen LogP contribution in [0.25, 0.3) is 0 Å². The van der Waals surface area contributed by atoms with Crippen LogP contribution in [-0.4, -0.2) is 24.0 Å². The maximum atomic E-state index is 2.64. The van der Waals surface area contributed by atoms with Gasteiger partial charge in [0.25, 0.3) is 0 Å². The van der Waals surface area contributed by atoms with Crippen LogP contribution in [-0.2, 0) is 0 Å². The Balaban J connectivity index is 2.66. The predicted molar refractivity (Wildman–Crippen MR) is 54.3 cm³/mol. The molecule has 1 aliphatic heterocycles. The van der Waals surface area contributed by atoms with Crippen LogP contribution >= 0.6 is 0 Å². The molecule has 72 valence electrons. The molecule has 1 aliphatic rings. The van der Waals surface area contributed by atoms with E-state index in [-0.39, 0.29) is 0 Å². The zero-order chi connectivity index (χ0) is 9.19. The third-order valence-corrected chi connectivity index (χ3v) is 3.40. The van der Waals surface area contributed by atoms with Gasteiger partial charge in [0.1, 0.15) is 0 Å². The van der Waals surface area contributed by atoms with E-state index in [0.29, 0.717) is 5.41 Å². The van der Waals surface area contributed by atoms with Crippen molar-refractivity contribution in [2.45, 2.75) is 53.0 Å². The van der Waals surface area contributed by atoms with Crippen molar-refractivity contribution in [2.24, 2.45) is 5.41 Å². The Morgan fingerprint density at radius 2 is 2.00 bits per heavy atom. The van der Waals surface area contributed by atoms with Gasteiger partial charge in [-0.3, -0.25) is 0 Å². The molecule has 1 fully saturated rings. The summed E-state index contributed by atoms with van der Waals surface area (Å²) in [5.74, 6) is 0. The van der Waals surface area contributed by atoms with Crippen LogP contribution in [0.1, 0.15) is 47.0 Å². The minimum Gasteiger partial charge on any atom is -0.300 e. The molecule has 0 aromatic heterocycles. The Morgan fingerprint density at radius 3 is 2.42 bits per heavy atom. The van der Waals surface area contributed by atoms with Crippen LogP contribution in [0.15, 0.2) is 0 Å². The van der Waals surface area contributed by atoms with E-state index in [1.807, 2.05) is 0 Å². The van der Waals surface area contributed by atoms with Gasteiger partial charge >= 0.3 is 0 Å². The van der Waals surface area contributed by atoms with Crippen LogP contribution < -0.4 is 0 Å². The van der Waals surface area contributed by atoms with Gasteiger partial charge in [-0.25, -0.2) is 0 Å². The number of rotatable bonds is 2. The lowest BCUT2D eigenvalue weighted by atomic mass is 9.75. The molecule has 1 heteroatoms. The maximum Gasteiger partial charge on any atom is 0.0144 e. The monoisotopic (exact) mass is 169 g/mol. The summed E-state index contributed by atoms with van der Waals surface area (Å²) in [7, 11) is 0. The zero-order valence-corrected chi connectivity index (χ0v) is 9.06. The van der Waals surface area contributed by atoms with E-state index in [0.717, 1.165) is 6.04 Å². The summed E-state index contributed by atoms with van der Waals surface area (Å²) >= 11 is 0. The smallest absolute Gasteiger partial charge is 0.0144 e. The second-order valence-corrected chi connectivity index (χ2v) is 4.64. The second kappa shape index (κ2) is 3.78. The van der Waals surface area contributed by atoms with Gasteiger partial charge in [-0.1, -0.05) is 27.7 Å². The van der Waals surface area contributed by atoms with Gasteiger partial charge in [-0.15, -0.1) is 0 Å². The average molecular weight is 169 g/mol. The molecule has 1 heterocycles. The minimum absolute atomic E-state index is 0.545. The molecule has 0 spiro atoms. The standard InChI is InChI=1S/C11H23N/c1-5-10-11(3,4)8-7-9-12(10)6-2/h10H,5-9H2,1-4H3. The predicted octanol–water partition coefficient (Wildman–Crippen LogP) is 2.91. The summed E-state index contributed by atoms with van der Waals surface area (Å²) < 4.78 is 0. The van der Waals surface area contributed by atoms with E-state index in [9.17, 15) is 0 Å².